The van der Waals surface area contributed by atoms with E-state index in [0.717, 1.165) is 43.3 Å². The van der Waals surface area contributed by atoms with E-state index in [-0.39, 0.29) is 9.92 Å². The zero-order valence-electron chi connectivity index (χ0n) is 17.7. The fourth-order valence-corrected chi connectivity index (χ4v) is 5.38. The smallest absolute Gasteiger partial charge is 0.263 e. The first-order valence-electron chi connectivity index (χ1n) is 10.2. The van der Waals surface area contributed by atoms with Gasteiger partial charge in [0.15, 0.2) is 0 Å². The summed E-state index contributed by atoms with van der Waals surface area (Å²) < 4.78 is 28.1. The van der Waals surface area contributed by atoms with Crippen LogP contribution in [0.1, 0.15) is 24.1 Å². The molecule has 0 aliphatic carbocycles. The quantitative estimate of drug-likeness (QED) is 0.470. The Morgan fingerprint density at radius 1 is 0.906 bits per heavy atom. The fraction of sp³-hybridized carbons (Fsp3) is 0.273. The lowest BCUT2D eigenvalue weighted by molar-refractivity contribution is 0.601. The van der Waals surface area contributed by atoms with Crippen molar-refractivity contribution in [1.29, 1.82) is 0 Å². The van der Waals surface area contributed by atoms with Gasteiger partial charge in [-0.1, -0.05) is 23.2 Å². The van der Waals surface area contributed by atoms with E-state index >= 15 is 0 Å². The summed E-state index contributed by atoms with van der Waals surface area (Å²) in [5.74, 6) is 1.42. The number of hydrogen-bond acceptors (Lipinski definition) is 6. The molecule has 0 saturated carbocycles. The molecule has 2 heterocycles. The van der Waals surface area contributed by atoms with Crippen molar-refractivity contribution in [3.8, 4) is 0 Å². The van der Waals surface area contributed by atoms with E-state index in [1.165, 1.54) is 12.1 Å². The molecule has 2 aromatic carbocycles. The van der Waals surface area contributed by atoms with E-state index in [2.05, 4.69) is 24.9 Å². The number of nitrogens with one attached hydrogen (secondary N) is 2. The SMILES string of the molecule is Cc1cc(Nc2ccc(NS(=O)(=O)c3cc(C)c(Cl)cc3Cl)cc2)nc(N2CCCC2)n1. The van der Waals surface area contributed by atoms with Crippen molar-refractivity contribution in [3.63, 3.8) is 0 Å². The number of nitrogens with zero attached hydrogens (tertiary/aromatic N) is 3. The van der Waals surface area contributed by atoms with Crippen molar-refractivity contribution in [3.05, 3.63) is 63.8 Å². The van der Waals surface area contributed by atoms with Crippen molar-refractivity contribution >= 4 is 56.4 Å². The molecule has 168 valence electrons. The minimum Gasteiger partial charge on any atom is -0.341 e. The molecule has 1 aliphatic heterocycles. The molecule has 3 aromatic rings. The Labute approximate surface area is 197 Å². The van der Waals surface area contributed by atoms with Crippen LogP contribution in [0, 0.1) is 13.8 Å². The molecule has 10 heteroatoms. The second-order valence-electron chi connectivity index (χ2n) is 7.73. The van der Waals surface area contributed by atoms with Gasteiger partial charge in [-0.3, -0.25) is 4.72 Å². The van der Waals surface area contributed by atoms with Crippen LogP contribution >= 0.6 is 23.2 Å². The lowest BCUT2D eigenvalue weighted by Crippen LogP contribution is -2.21. The van der Waals surface area contributed by atoms with Crippen LogP contribution in [0.15, 0.2) is 47.4 Å². The van der Waals surface area contributed by atoms with Gasteiger partial charge in [-0.25, -0.2) is 13.4 Å². The van der Waals surface area contributed by atoms with Crippen LogP contribution in [0.25, 0.3) is 0 Å². The molecular weight excluding hydrogens is 469 g/mol. The summed E-state index contributed by atoms with van der Waals surface area (Å²) in [4.78, 5) is 11.3. The van der Waals surface area contributed by atoms with E-state index in [4.69, 9.17) is 23.2 Å². The maximum atomic E-state index is 12.8. The van der Waals surface area contributed by atoms with Crippen LogP contribution in [0.2, 0.25) is 10.0 Å². The number of aromatic nitrogens is 2. The maximum Gasteiger partial charge on any atom is 0.263 e. The molecule has 0 unspecified atom stereocenters. The van der Waals surface area contributed by atoms with E-state index in [0.29, 0.717) is 22.1 Å². The van der Waals surface area contributed by atoms with Gasteiger partial charge < -0.3 is 10.2 Å². The van der Waals surface area contributed by atoms with E-state index in [1.807, 2.05) is 13.0 Å². The average Bonchev–Trinajstić information content (AvgIpc) is 3.26. The van der Waals surface area contributed by atoms with Crippen LogP contribution in [-0.4, -0.2) is 31.5 Å². The predicted molar refractivity (Wildman–Crippen MR) is 130 cm³/mol. The second-order valence-corrected chi connectivity index (χ2v) is 10.2. The van der Waals surface area contributed by atoms with Crippen molar-refractivity contribution in [2.45, 2.75) is 31.6 Å². The van der Waals surface area contributed by atoms with Crippen LogP contribution in [0.3, 0.4) is 0 Å². The first-order valence-corrected chi connectivity index (χ1v) is 12.4. The monoisotopic (exact) mass is 491 g/mol. The molecule has 0 atom stereocenters. The van der Waals surface area contributed by atoms with Gasteiger partial charge in [0, 0.05) is 41.2 Å². The molecule has 1 aromatic heterocycles. The predicted octanol–water partition coefficient (Wildman–Crippen LogP) is 5.54. The summed E-state index contributed by atoms with van der Waals surface area (Å²) >= 11 is 12.1. The Balaban J connectivity index is 1.50. The first-order chi connectivity index (χ1) is 15.2. The van der Waals surface area contributed by atoms with Crippen LogP contribution in [-0.2, 0) is 10.0 Å². The highest BCUT2D eigenvalue weighted by Gasteiger charge is 2.20. The van der Waals surface area contributed by atoms with Gasteiger partial charge in [0.25, 0.3) is 10.0 Å². The molecule has 1 aliphatic rings. The second kappa shape index (κ2) is 9.13. The van der Waals surface area contributed by atoms with Crippen LogP contribution < -0.4 is 14.9 Å². The van der Waals surface area contributed by atoms with E-state index in [9.17, 15) is 8.42 Å². The zero-order valence-corrected chi connectivity index (χ0v) is 20.0. The van der Waals surface area contributed by atoms with Crippen LogP contribution in [0.5, 0.6) is 0 Å². The molecule has 0 amide bonds. The summed E-state index contributed by atoms with van der Waals surface area (Å²) in [6, 6.07) is 11.7. The van der Waals surface area contributed by atoms with Crippen LogP contribution in [0.4, 0.5) is 23.1 Å². The summed E-state index contributed by atoms with van der Waals surface area (Å²) in [6.07, 6.45) is 2.30. The molecule has 7 nitrogen and oxygen atoms in total. The standard InChI is InChI=1S/C22H23Cl2N5O2S/c1-14-11-20(19(24)13-18(14)23)32(30,31)28-17-7-5-16(6-8-17)26-21-12-15(2)25-22(27-21)29-9-3-4-10-29/h5-8,11-13,28H,3-4,9-10H2,1-2H3,(H,25,26,27). The Bertz CT molecular complexity index is 1240. The number of sulfonamides is 1. The van der Waals surface area contributed by atoms with Gasteiger partial charge in [0.2, 0.25) is 5.95 Å². The average molecular weight is 492 g/mol. The van der Waals surface area contributed by atoms with Gasteiger partial charge in [-0.15, -0.1) is 0 Å². The number of halogens is 2. The number of hydrogen-bond donors (Lipinski definition) is 2. The minimum absolute atomic E-state index is 0.0193. The van der Waals surface area contributed by atoms with E-state index in [1.54, 1.807) is 31.2 Å². The highest BCUT2D eigenvalue weighted by atomic mass is 35.5. The molecule has 0 bridgehead atoms. The lowest BCUT2D eigenvalue weighted by Gasteiger charge is -2.17. The normalized spacial score (nSPS) is 13.9. The maximum absolute atomic E-state index is 12.8. The molecule has 1 fully saturated rings. The van der Waals surface area contributed by atoms with Crippen molar-refractivity contribution in [2.75, 3.05) is 28.0 Å². The zero-order chi connectivity index (χ0) is 22.9. The Hall–Kier alpha value is -2.55. The molecule has 4 rings (SSSR count). The Morgan fingerprint density at radius 2 is 1.56 bits per heavy atom. The summed E-state index contributed by atoms with van der Waals surface area (Å²) in [6.45, 7) is 5.60. The number of rotatable bonds is 6. The molecule has 0 spiro atoms. The number of anilines is 4. The molecule has 2 N–H and O–H groups in total. The van der Waals surface area contributed by atoms with E-state index < -0.39 is 10.0 Å². The largest absolute Gasteiger partial charge is 0.341 e. The summed E-state index contributed by atoms with van der Waals surface area (Å²) in [5, 5.41) is 3.75. The first kappa shape index (κ1) is 22.6. The summed E-state index contributed by atoms with van der Waals surface area (Å²) in [5.41, 5.74) is 2.70. The Kier molecular flexibility index (Phi) is 6.46. The molecule has 1 saturated heterocycles. The third-order valence-corrected chi connectivity index (χ3v) is 7.40. The molecule has 0 radical (unpaired) electrons. The molecule has 32 heavy (non-hydrogen) atoms. The van der Waals surface area contributed by atoms with Gasteiger partial charge in [0.05, 0.1) is 5.02 Å². The topological polar surface area (TPSA) is 87.2 Å². The van der Waals surface area contributed by atoms with Crippen molar-refractivity contribution < 1.29 is 8.42 Å². The number of aryl methyl sites for hydroxylation is 2. The van der Waals surface area contributed by atoms with Gasteiger partial charge in [-0.05, 0) is 68.7 Å². The number of benzene rings is 2. The third-order valence-electron chi connectivity index (χ3n) is 5.14. The lowest BCUT2D eigenvalue weighted by atomic mass is 10.2. The Morgan fingerprint density at radius 3 is 2.25 bits per heavy atom. The fourth-order valence-electron chi connectivity index (χ4n) is 3.49. The van der Waals surface area contributed by atoms with Crippen molar-refractivity contribution in [2.24, 2.45) is 0 Å². The molecular formula is C22H23Cl2N5O2S. The minimum atomic E-state index is -3.86. The highest BCUT2D eigenvalue weighted by Crippen LogP contribution is 2.30. The van der Waals surface area contributed by atoms with Crippen molar-refractivity contribution in [1.82, 2.24) is 9.97 Å². The highest BCUT2D eigenvalue weighted by molar-refractivity contribution is 7.92. The van der Waals surface area contributed by atoms with Gasteiger partial charge >= 0.3 is 0 Å². The van der Waals surface area contributed by atoms with Gasteiger partial charge in [-0.2, -0.15) is 4.98 Å². The third kappa shape index (κ3) is 5.09. The summed E-state index contributed by atoms with van der Waals surface area (Å²) in [7, 11) is -3.86. The van der Waals surface area contributed by atoms with Gasteiger partial charge in [0.1, 0.15) is 10.7 Å².